The average Bonchev–Trinajstić information content (AvgIpc) is 2.94. The summed E-state index contributed by atoms with van der Waals surface area (Å²) < 4.78 is 0. The van der Waals surface area contributed by atoms with Crippen LogP contribution in [0.15, 0.2) is 41.8 Å². The Kier molecular flexibility index (Phi) is 4.59. The summed E-state index contributed by atoms with van der Waals surface area (Å²) in [6.07, 6.45) is 0. The maximum absolute atomic E-state index is 6.13. The Bertz CT molecular complexity index is 830. The lowest BCUT2D eigenvalue weighted by molar-refractivity contribution is 1.38. The number of thiazole rings is 1. The number of hydrogen-bond acceptors (Lipinski definition) is 3. The largest absolute Gasteiger partial charge is 0.331 e. The van der Waals surface area contributed by atoms with Crippen LogP contribution in [0.3, 0.4) is 0 Å². The number of nitrogens with zero attached hydrogens (tertiary/aromatic N) is 1. The molecule has 0 aliphatic carbocycles. The molecule has 1 N–H and O–H groups in total. The Hall–Kier alpha value is -1.26. The summed E-state index contributed by atoms with van der Waals surface area (Å²) in [6, 6.07) is 11.3. The molecule has 0 aliphatic heterocycles. The summed E-state index contributed by atoms with van der Waals surface area (Å²) in [5, 5.41) is 7.80. The van der Waals surface area contributed by atoms with Crippen LogP contribution in [0, 0.1) is 6.92 Å². The molecule has 0 unspecified atom stereocenters. The molecular formula is C16H11Cl3N2S. The minimum Gasteiger partial charge on any atom is -0.331 e. The summed E-state index contributed by atoms with van der Waals surface area (Å²) in [5.41, 5.74) is 3.73. The first-order valence-electron chi connectivity index (χ1n) is 6.47. The van der Waals surface area contributed by atoms with E-state index in [-0.39, 0.29) is 0 Å². The van der Waals surface area contributed by atoms with Crippen molar-refractivity contribution in [3.63, 3.8) is 0 Å². The van der Waals surface area contributed by atoms with Gasteiger partial charge in [0.2, 0.25) is 0 Å². The van der Waals surface area contributed by atoms with E-state index in [1.807, 2.05) is 42.6 Å². The quantitative estimate of drug-likeness (QED) is 0.547. The third-order valence-electron chi connectivity index (χ3n) is 3.14. The minimum atomic E-state index is 0.520. The van der Waals surface area contributed by atoms with Crippen molar-refractivity contribution in [3.05, 3.63) is 62.4 Å². The van der Waals surface area contributed by atoms with Gasteiger partial charge < -0.3 is 5.32 Å². The van der Waals surface area contributed by atoms with Crippen LogP contribution in [-0.2, 0) is 0 Å². The lowest BCUT2D eigenvalue weighted by atomic mass is 10.2. The number of hydrogen-bond donors (Lipinski definition) is 1. The van der Waals surface area contributed by atoms with Crippen LogP contribution >= 0.6 is 46.1 Å². The molecule has 6 heteroatoms. The van der Waals surface area contributed by atoms with Crippen molar-refractivity contribution < 1.29 is 0 Å². The van der Waals surface area contributed by atoms with Crippen LogP contribution in [0.2, 0.25) is 15.1 Å². The zero-order chi connectivity index (χ0) is 15.7. The first-order chi connectivity index (χ1) is 10.5. The van der Waals surface area contributed by atoms with Gasteiger partial charge in [0.25, 0.3) is 0 Å². The predicted molar refractivity (Wildman–Crippen MR) is 97.0 cm³/mol. The Morgan fingerprint density at radius 1 is 0.955 bits per heavy atom. The summed E-state index contributed by atoms with van der Waals surface area (Å²) in [5.74, 6) is 0. The Balaban J connectivity index is 1.84. The lowest BCUT2D eigenvalue weighted by Crippen LogP contribution is -1.90. The second kappa shape index (κ2) is 6.47. The van der Waals surface area contributed by atoms with Crippen LogP contribution in [-0.4, -0.2) is 4.98 Å². The molecular weight excluding hydrogens is 359 g/mol. The maximum atomic E-state index is 6.13. The van der Waals surface area contributed by atoms with E-state index < -0.39 is 0 Å². The van der Waals surface area contributed by atoms with Gasteiger partial charge in [-0.3, -0.25) is 0 Å². The number of nitrogens with one attached hydrogen (secondary N) is 1. The molecule has 1 aromatic heterocycles. The first-order valence-corrected chi connectivity index (χ1v) is 8.48. The Morgan fingerprint density at radius 2 is 1.77 bits per heavy atom. The van der Waals surface area contributed by atoms with E-state index in [1.54, 1.807) is 6.07 Å². The van der Waals surface area contributed by atoms with Crippen molar-refractivity contribution >= 4 is 57.0 Å². The van der Waals surface area contributed by atoms with E-state index in [0.29, 0.717) is 10.0 Å². The molecule has 2 nitrogen and oxygen atoms in total. The van der Waals surface area contributed by atoms with Gasteiger partial charge in [-0.25, -0.2) is 4.98 Å². The number of aryl methyl sites for hydroxylation is 1. The van der Waals surface area contributed by atoms with E-state index in [4.69, 9.17) is 34.8 Å². The van der Waals surface area contributed by atoms with Gasteiger partial charge in [-0.2, -0.15) is 0 Å². The summed E-state index contributed by atoms with van der Waals surface area (Å²) >= 11 is 19.6. The molecule has 0 aliphatic rings. The maximum Gasteiger partial charge on any atom is 0.187 e. The predicted octanol–water partition coefficient (Wildman–Crippen LogP) is 6.82. The van der Waals surface area contributed by atoms with E-state index in [2.05, 4.69) is 10.3 Å². The molecule has 0 bridgehead atoms. The highest BCUT2D eigenvalue weighted by molar-refractivity contribution is 7.14. The van der Waals surface area contributed by atoms with E-state index in [1.165, 1.54) is 11.3 Å². The molecule has 0 radical (unpaired) electrons. The number of halogens is 3. The minimum absolute atomic E-state index is 0.520. The van der Waals surface area contributed by atoms with Gasteiger partial charge in [0.15, 0.2) is 5.13 Å². The molecule has 0 atom stereocenters. The van der Waals surface area contributed by atoms with Crippen LogP contribution < -0.4 is 5.32 Å². The molecule has 0 saturated carbocycles. The van der Waals surface area contributed by atoms with Crippen molar-refractivity contribution in [2.45, 2.75) is 6.92 Å². The van der Waals surface area contributed by atoms with Crippen molar-refractivity contribution in [2.75, 3.05) is 5.32 Å². The fourth-order valence-electron chi connectivity index (χ4n) is 1.91. The van der Waals surface area contributed by atoms with Crippen LogP contribution in [0.25, 0.3) is 11.3 Å². The summed E-state index contributed by atoms with van der Waals surface area (Å²) in [6.45, 7) is 1.97. The highest BCUT2D eigenvalue weighted by Gasteiger charge is 2.07. The smallest absolute Gasteiger partial charge is 0.187 e. The van der Waals surface area contributed by atoms with E-state index in [0.717, 1.165) is 32.7 Å². The third kappa shape index (κ3) is 3.39. The topological polar surface area (TPSA) is 24.9 Å². The van der Waals surface area contributed by atoms with Gasteiger partial charge >= 0.3 is 0 Å². The van der Waals surface area contributed by atoms with E-state index in [9.17, 15) is 0 Å². The first kappa shape index (κ1) is 15.6. The molecule has 3 rings (SSSR count). The molecule has 1 heterocycles. The Labute approximate surface area is 147 Å². The molecule has 112 valence electrons. The third-order valence-corrected chi connectivity index (χ3v) is 5.05. The zero-order valence-corrected chi connectivity index (χ0v) is 14.6. The molecule has 0 saturated heterocycles. The molecule has 3 aromatic rings. The van der Waals surface area contributed by atoms with Crippen molar-refractivity contribution in [3.8, 4) is 11.3 Å². The molecule has 22 heavy (non-hydrogen) atoms. The fourth-order valence-corrected chi connectivity index (χ4v) is 3.13. The van der Waals surface area contributed by atoms with Crippen molar-refractivity contribution in [1.82, 2.24) is 4.98 Å². The number of rotatable bonds is 3. The highest BCUT2D eigenvalue weighted by atomic mass is 35.5. The van der Waals surface area contributed by atoms with Crippen LogP contribution in [0.4, 0.5) is 10.8 Å². The van der Waals surface area contributed by atoms with Gasteiger partial charge in [0.05, 0.1) is 15.7 Å². The average molecular weight is 370 g/mol. The second-order valence-electron chi connectivity index (χ2n) is 4.76. The fraction of sp³-hybridized carbons (Fsp3) is 0.0625. The normalized spacial score (nSPS) is 10.7. The van der Waals surface area contributed by atoms with Crippen molar-refractivity contribution in [1.29, 1.82) is 0 Å². The molecule has 0 fully saturated rings. The van der Waals surface area contributed by atoms with Gasteiger partial charge in [-0.05, 0) is 36.8 Å². The summed E-state index contributed by atoms with van der Waals surface area (Å²) in [7, 11) is 0. The van der Waals surface area contributed by atoms with Gasteiger partial charge in [-0.15, -0.1) is 11.3 Å². The standard InChI is InChI=1S/C16H11Cl3N2S/c1-9-2-4-11(7-13(9)18)20-16-21-15(8-22-16)10-3-5-12(17)14(19)6-10/h2-8H,1H3,(H,20,21). The SMILES string of the molecule is Cc1ccc(Nc2nc(-c3ccc(Cl)c(Cl)c3)cs2)cc1Cl. The van der Waals surface area contributed by atoms with Crippen LogP contribution in [0.1, 0.15) is 5.56 Å². The molecule has 0 amide bonds. The second-order valence-corrected chi connectivity index (χ2v) is 6.84. The summed E-state index contributed by atoms with van der Waals surface area (Å²) in [4.78, 5) is 4.56. The number of benzene rings is 2. The monoisotopic (exact) mass is 368 g/mol. The Morgan fingerprint density at radius 3 is 2.50 bits per heavy atom. The molecule has 2 aromatic carbocycles. The zero-order valence-electron chi connectivity index (χ0n) is 11.5. The van der Waals surface area contributed by atoms with Crippen LogP contribution in [0.5, 0.6) is 0 Å². The highest BCUT2D eigenvalue weighted by Crippen LogP contribution is 2.32. The lowest BCUT2D eigenvalue weighted by Gasteiger charge is -2.04. The number of anilines is 2. The van der Waals surface area contributed by atoms with E-state index >= 15 is 0 Å². The van der Waals surface area contributed by atoms with Gasteiger partial charge in [-0.1, -0.05) is 46.9 Å². The van der Waals surface area contributed by atoms with Crippen molar-refractivity contribution in [2.24, 2.45) is 0 Å². The number of aromatic nitrogens is 1. The van der Waals surface area contributed by atoms with Gasteiger partial charge in [0.1, 0.15) is 0 Å². The van der Waals surface area contributed by atoms with Gasteiger partial charge in [0, 0.05) is 21.7 Å². The molecule has 0 spiro atoms.